The van der Waals surface area contributed by atoms with Gasteiger partial charge in [0.15, 0.2) is 6.10 Å². The Hall–Kier alpha value is -6.24. The monoisotopic (exact) mass is 967 g/mol. The first-order valence-electron chi connectivity index (χ1n) is 24.8. The summed E-state index contributed by atoms with van der Waals surface area (Å²) in [4.78, 5) is 106. The molecule has 16 heteroatoms. The molecule has 0 spiro atoms. The molecule has 3 aromatic rings. The lowest BCUT2D eigenvalue weighted by atomic mass is 9.96. The first-order chi connectivity index (χ1) is 32.9. The molecule has 4 rings (SSSR count). The second-order valence-electron chi connectivity index (χ2n) is 20.9. The van der Waals surface area contributed by atoms with Crippen LogP contribution in [0.3, 0.4) is 0 Å². The molecule has 70 heavy (non-hydrogen) atoms. The zero-order chi connectivity index (χ0) is 52.1. The smallest absolute Gasteiger partial charge is 0.329 e. The summed E-state index contributed by atoms with van der Waals surface area (Å²) >= 11 is 0. The number of nitrogens with zero attached hydrogens (tertiary/aromatic N) is 5. The number of likely N-dealkylation sites (N-methyl/N-ethyl adjacent to an activating group) is 3. The topological polar surface area (TPSA) is 203 Å². The van der Waals surface area contributed by atoms with Gasteiger partial charge in [-0.05, 0) is 80.4 Å². The Bertz CT molecular complexity index is 2370. The van der Waals surface area contributed by atoms with E-state index in [0.717, 1.165) is 32.5 Å². The molecule has 0 aliphatic carbocycles. The molecule has 0 saturated carbocycles. The molecule has 1 fully saturated rings. The van der Waals surface area contributed by atoms with Crippen LogP contribution in [0.2, 0.25) is 0 Å². The molecule has 2 aromatic carbocycles. The second kappa shape index (κ2) is 25.6. The maximum Gasteiger partial charge on any atom is 0.329 e. The number of fused-ring (bicyclic) bond motifs is 1. The van der Waals surface area contributed by atoms with Crippen molar-refractivity contribution < 1.29 is 38.3 Å². The van der Waals surface area contributed by atoms with Crippen LogP contribution >= 0.6 is 0 Å². The van der Waals surface area contributed by atoms with E-state index in [-0.39, 0.29) is 68.6 Å². The van der Waals surface area contributed by atoms with E-state index < -0.39 is 83.8 Å². The van der Waals surface area contributed by atoms with Crippen LogP contribution in [0.1, 0.15) is 118 Å². The number of hydrogen-bond acceptors (Lipinski definition) is 9. The van der Waals surface area contributed by atoms with E-state index in [2.05, 4.69) is 32.7 Å². The molecule has 1 saturated heterocycles. The Kier molecular flexibility index (Phi) is 20.6. The van der Waals surface area contributed by atoms with Crippen LogP contribution < -0.4 is 16.0 Å². The van der Waals surface area contributed by atoms with E-state index in [1.165, 1.54) is 37.9 Å². The number of aryl methyl sites for hydroxylation is 1. The fourth-order valence-corrected chi connectivity index (χ4v) is 9.08. The van der Waals surface area contributed by atoms with Gasteiger partial charge in [0.25, 0.3) is 5.91 Å². The number of esters is 1. The molecule has 382 valence electrons. The Morgan fingerprint density at radius 2 is 1.14 bits per heavy atom. The van der Waals surface area contributed by atoms with Crippen LogP contribution in [-0.4, -0.2) is 124 Å². The number of aromatic nitrogens is 1. The van der Waals surface area contributed by atoms with E-state index in [1.807, 2.05) is 111 Å². The van der Waals surface area contributed by atoms with Crippen LogP contribution in [0, 0.1) is 41.9 Å². The van der Waals surface area contributed by atoms with Gasteiger partial charge in [-0.1, -0.05) is 103 Å². The number of rotatable bonds is 14. The van der Waals surface area contributed by atoms with Gasteiger partial charge in [-0.3, -0.25) is 28.8 Å². The third-order valence-corrected chi connectivity index (χ3v) is 13.0. The first kappa shape index (κ1) is 56.3. The Morgan fingerprint density at radius 1 is 0.643 bits per heavy atom. The first-order valence-corrected chi connectivity index (χ1v) is 24.8. The number of nitrogens with one attached hydrogen (secondary N) is 3. The predicted molar refractivity (Wildman–Crippen MR) is 270 cm³/mol. The molecular formula is C54H78N8O8. The summed E-state index contributed by atoms with van der Waals surface area (Å²) in [6.45, 7) is 19.2. The predicted octanol–water partition coefficient (Wildman–Crippen LogP) is 5.91. The zero-order valence-corrected chi connectivity index (χ0v) is 43.7. The van der Waals surface area contributed by atoms with Crippen molar-refractivity contribution in [3.63, 3.8) is 0 Å². The summed E-state index contributed by atoms with van der Waals surface area (Å²) in [5, 5.41) is 19.1. The maximum atomic E-state index is 15.1. The summed E-state index contributed by atoms with van der Waals surface area (Å²) in [6.07, 6.45) is 0.937. The Labute approximate surface area is 415 Å². The van der Waals surface area contributed by atoms with Crippen molar-refractivity contribution in [3.8, 4) is 6.07 Å². The van der Waals surface area contributed by atoms with Gasteiger partial charge in [0.2, 0.25) is 29.5 Å². The van der Waals surface area contributed by atoms with E-state index in [4.69, 9.17) is 4.74 Å². The fourth-order valence-electron chi connectivity index (χ4n) is 9.08. The van der Waals surface area contributed by atoms with Crippen molar-refractivity contribution in [3.05, 3.63) is 71.4 Å². The molecule has 6 amide bonds. The molecule has 0 bridgehead atoms. The maximum absolute atomic E-state index is 15.1. The highest BCUT2D eigenvalue weighted by Gasteiger charge is 2.40. The molecule has 0 unspecified atom stereocenters. The van der Waals surface area contributed by atoms with Crippen molar-refractivity contribution in [1.82, 2.24) is 35.2 Å². The molecule has 1 aliphatic rings. The Morgan fingerprint density at radius 3 is 1.67 bits per heavy atom. The van der Waals surface area contributed by atoms with E-state index in [0.29, 0.717) is 6.54 Å². The highest BCUT2D eigenvalue weighted by Crippen LogP contribution is 2.26. The highest BCUT2D eigenvalue weighted by atomic mass is 16.5. The summed E-state index contributed by atoms with van der Waals surface area (Å²) in [6, 6.07) is 11.1. The number of amides is 6. The van der Waals surface area contributed by atoms with Crippen molar-refractivity contribution in [2.75, 3.05) is 21.1 Å². The van der Waals surface area contributed by atoms with Crippen LogP contribution in [-0.2, 0) is 51.3 Å². The van der Waals surface area contributed by atoms with E-state index in [9.17, 15) is 29.2 Å². The van der Waals surface area contributed by atoms with Crippen LogP contribution in [0.4, 0.5) is 0 Å². The van der Waals surface area contributed by atoms with Crippen LogP contribution in [0.25, 0.3) is 10.9 Å². The average molecular weight is 967 g/mol. The van der Waals surface area contributed by atoms with E-state index >= 15 is 9.59 Å². The van der Waals surface area contributed by atoms with Gasteiger partial charge in [-0.2, -0.15) is 5.26 Å². The Balaban J connectivity index is 1.92. The summed E-state index contributed by atoms with van der Waals surface area (Å²) in [7, 11) is 4.42. The number of para-hydroxylation sites is 1. The summed E-state index contributed by atoms with van der Waals surface area (Å²) in [5.41, 5.74) is 3.90. The van der Waals surface area contributed by atoms with Crippen molar-refractivity contribution in [2.24, 2.45) is 23.7 Å². The van der Waals surface area contributed by atoms with Gasteiger partial charge in [0.1, 0.15) is 36.3 Å². The third-order valence-electron chi connectivity index (χ3n) is 13.0. The minimum atomic E-state index is -1.50. The molecule has 1 aliphatic heterocycles. The molecule has 3 N–H and O–H groups in total. The van der Waals surface area contributed by atoms with Crippen LogP contribution in [0.15, 0.2) is 54.7 Å². The highest BCUT2D eigenvalue weighted by molar-refractivity contribution is 5.98. The fraction of sp³-hybridized carbons (Fsp3) is 0.593. The normalized spacial score (nSPS) is 23.2. The summed E-state index contributed by atoms with van der Waals surface area (Å²) < 4.78 is 7.87. The number of hydrogen-bond donors (Lipinski definition) is 3. The van der Waals surface area contributed by atoms with Gasteiger partial charge in [-0.25, -0.2) is 4.79 Å². The summed E-state index contributed by atoms with van der Waals surface area (Å²) in [5.74, 6) is -5.07. The lowest BCUT2D eigenvalue weighted by Crippen LogP contribution is -2.60. The van der Waals surface area contributed by atoms with Gasteiger partial charge >= 0.3 is 5.97 Å². The number of ether oxygens (including phenoxy) is 1. The number of benzene rings is 2. The van der Waals surface area contributed by atoms with Gasteiger partial charge in [-0.15, -0.1) is 0 Å². The number of cyclic esters (lactones) is 1. The van der Waals surface area contributed by atoms with Crippen molar-refractivity contribution in [1.29, 1.82) is 5.26 Å². The number of carbonyl (C=O) groups excluding carboxylic acids is 7. The van der Waals surface area contributed by atoms with Crippen LogP contribution in [0.5, 0.6) is 0 Å². The van der Waals surface area contributed by atoms with Gasteiger partial charge in [0, 0.05) is 64.1 Å². The number of nitriles is 1. The third kappa shape index (κ3) is 15.1. The molecule has 1 aromatic heterocycles. The quantitative estimate of drug-likeness (QED) is 0.164. The van der Waals surface area contributed by atoms with Gasteiger partial charge < -0.3 is 40.0 Å². The standard InChI is InChI=1S/C54H78N8O8/c1-32(2)24-41-51(66)59(11)37(10)54(69)70-47(22-17-23-55)50(65)58-43(26-34(5)6)53(68)60(12)45(27-35(7)8)48(63)57-42(25-33(3)4)52(67)61(13)46(49(64)56-41)29-39-31-62(44-21-15-14-20-40(39)44)30-38-19-16-18-36(9)28-38/h14-16,18-21,28,31-35,37,41-43,45-47H,17,22,24-27,29-30H2,1-13H3,(H,56,64)(H,57,63)(H,58,65)/t37-,41-,42-,43-,45-,46-,47+/m0/s1. The molecule has 7 atom stereocenters. The minimum Gasteiger partial charge on any atom is -0.451 e. The molecule has 0 radical (unpaired) electrons. The largest absolute Gasteiger partial charge is 0.451 e. The molecule has 16 nitrogen and oxygen atoms in total. The minimum absolute atomic E-state index is 0.0362. The molecular weight excluding hydrogens is 889 g/mol. The SMILES string of the molecule is Cc1cccc(Cn2cc(C[C@H]3C(=O)N[C@@H](CC(C)C)C(=O)N(C)[C@@H](C)C(=O)O[C@H](CCC#N)C(=O)N[C@@H](CC(C)C)C(=O)N(C)[C@@H](CC(C)C)C(=O)N[C@@H](CC(C)C)C(=O)N3C)c3ccccc32)c1. The second-order valence-corrected chi connectivity index (χ2v) is 20.9. The van der Waals surface area contributed by atoms with Crippen molar-refractivity contribution in [2.45, 2.75) is 163 Å². The van der Waals surface area contributed by atoms with E-state index in [1.54, 1.807) is 0 Å². The molecule has 2 heterocycles. The lowest BCUT2D eigenvalue weighted by Gasteiger charge is -2.35. The van der Waals surface area contributed by atoms with Crippen molar-refractivity contribution >= 4 is 52.3 Å². The average Bonchev–Trinajstić information content (AvgIpc) is 3.63. The van der Waals surface area contributed by atoms with Gasteiger partial charge in [0.05, 0.1) is 6.07 Å². The number of carbonyl (C=O) groups is 7. The zero-order valence-electron chi connectivity index (χ0n) is 43.7. The lowest BCUT2D eigenvalue weighted by molar-refractivity contribution is -0.163.